The van der Waals surface area contributed by atoms with E-state index < -0.39 is 19.9 Å². The van der Waals surface area contributed by atoms with Gasteiger partial charge in [-0.05, 0) is 23.4 Å². The van der Waals surface area contributed by atoms with E-state index in [1.165, 1.54) is 4.31 Å². The summed E-state index contributed by atoms with van der Waals surface area (Å²) in [6, 6.07) is 1.55. The molecule has 1 saturated heterocycles. The van der Waals surface area contributed by atoms with Crippen molar-refractivity contribution in [2.45, 2.75) is 17.2 Å². The molecule has 2 rings (SSSR count). The van der Waals surface area contributed by atoms with Gasteiger partial charge in [-0.3, -0.25) is 0 Å². The van der Waals surface area contributed by atoms with E-state index in [1.807, 2.05) is 0 Å². The summed E-state index contributed by atoms with van der Waals surface area (Å²) in [4.78, 5) is 0. The van der Waals surface area contributed by atoms with E-state index in [1.54, 1.807) is 11.4 Å². The molecule has 1 fully saturated rings. The van der Waals surface area contributed by atoms with Crippen LogP contribution in [0.4, 0.5) is 0 Å². The van der Waals surface area contributed by atoms with E-state index in [9.17, 15) is 16.8 Å². The monoisotopic (exact) mass is 324 g/mol. The lowest BCUT2D eigenvalue weighted by molar-refractivity contribution is 0.436. The van der Waals surface area contributed by atoms with E-state index in [0.29, 0.717) is 13.0 Å². The van der Waals surface area contributed by atoms with Gasteiger partial charge < -0.3 is 5.73 Å². The van der Waals surface area contributed by atoms with Crippen molar-refractivity contribution < 1.29 is 16.8 Å². The normalized spacial score (nSPS) is 21.1. The molecule has 2 N–H and O–H groups in total. The molecule has 0 bridgehead atoms. The highest BCUT2D eigenvalue weighted by Crippen LogP contribution is 2.24. The summed E-state index contributed by atoms with van der Waals surface area (Å²) in [7, 11) is -6.71. The molecule has 0 aromatic carbocycles. The molecule has 1 aromatic rings. The van der Waals surface area contributed by atoms with Crippen LogP contribution < -0.4 is 5.73 Å². The minimum absolute atomic E-state index is 0.0283. The summed E-state index contributed by atoms with van der Waals surface area (Å²) < 4.78 is 49.2. The van der Waals surface area contributed by atoms with Gasteiger partial charge in [-0.1, -0.05) is 0 Å². The standard InChI is InChI=1S/C10H16N2O4S3/c11-7-9-6-10(17-8-9)19(15,16)12-2-1-4-18(13,14)5-3-12/h6,8H,1-5,7,11H2. The maximum Gasteiger partial charge on any atom is 0.252 e. The third-order valence-electron chi connectivity index (χ3n) is 2.97. The summed E-state index contributed by atoms with van der Waals surface area (Å²) in [6.45, 7) is 0.568. The zero-order valence-corrected chi connectivity index (χ0v) is 12.7. The average Bonchev–Trinajstić information content (AvgIpc) is 2.75. The Bertz CT molecular complexity index is 648. The van der Waals surface area contributed by atoms with Crippen molar-refractivity contribution in [2.24, 2.45) is 5.73 Å². The Balaban J connectivity index is 2.24. The van der Waals surface area contributed by atoms with Gasteiger partial charge in [0.05, 0.1) is 11.5 Å². The van der Waals surface area contributed by atoms with E-state index in [2.05, 4.69) is 0 Å². The molecule has 0 spiro atoms. The quantitative estimate of drug-likeness (QED) is 0.845. The van der Waals surface area contributed by atoms with E-state index in [-0.39, 0.29) is 28.8 Å². The van der Waals surface area contributed by atoms with Crippen molar-refractivity contribution in [3.05, 3.63) is 17.0 Å². The number of hydrogen-bond donors (Lipinski definition) is 1. The molecular weight excluding hydrogens is 308 g/mol. The van der Waals surface area contributed by atoms with E-state index in [4.69, 9.17) is 5.73 Å². The maximum atomic E-state index is 12.4. The third-order valence-corrected chi connectivity index (χ3v) is 8.05. The van der Waals surface area contributed by atoms with Crippen LogP contribution in [0, 0.1) is 0 Å². The highest BCUT2D eigenvalue weighted by atomic mass is 32.2. The van der Waals surface area contributed by atoms with Gasteiger partial charge in [-0.2, -0.15) is 4.31 Å². The van der Waals surface area contributed by atoms with Gasteiger partial charge in [0.25, 0.3) is 10.0 Å². The van der Waals surface area contributed by atoms with Crippen LogP contribution in [-0.2, 0) is 26.4 Å². The molecule has 0 radical (unpaired) electrons. The summed E-state index contributed by atoms with van der Waals surface area (Å²) in [6.07, 6.45) is 0.344. The number of nitrogens with zero attached hydrogens (tertiary/aromatic N) is 1. The molecule has 6 nitrogen and oxygen atoms in total. The molecule has 0 saturated carbocycles. The molecule has 2 heterocycles. The lowest BCUT2D eigenvalue weighted by Gasteiger charge is -2.17. The van der Waals surface area contributed by atoms with E-state index in [0.717, 1.165) is 16.9 Å². The van der Waals surface area contributed by atoms with Crippen LogP contribution in [0.2, 0.25) is 0 Å². The Kier molecular flexibility index (Phi) is 4.31. The number of sulfone groups is 1. The Labute approximate surface area is 117 Å². The molecule has 108 valence electrons. The number of thiophene rings is 1. The van der Waals surface area contributed by atoms with Crippen molar-refractivity contribution >= 4 is 31.2 Å². The fourth-order valence-electron chi connectivity index (χ4n) is 1.88. The van der Waals surface area contributed by atoms with Crippen LogP contribution in [0.3, 0.4) is 0 Å². The van der Waals surface area contributed by atoms with Crippen LogP contribution in [0.25, 0.3) is 0 Å². The first-order chi connectivity index (χ1) is 8.85. The zero-order valence-electron chi connectivity index (χ0n) is 10.3. The smallest absolute Gasteiger partial charge is 0.252 e. The summed E-state index contributed by atoms with van der Waals surface area (Å²) in [5, 5.41) is 1.71. The lowest BCUT2D eigenvalue weighted by atomic mass is 10.4. The van der Waals surface area contributed by atoms with Gasteiger partial charge in [0.1, 0.15) is 4.21 Å². The Morgan fingerprint density at radius 2 is 2.05 bits per heavy atom. The molecular formula is C10H16N2O4S3. The summed E-state index contributed by atoms with van der Waals surface area (Å²) in [5.41, 5.74) is 6.23. The van der Waals surface area contributed by atoms with Gasteiger partial charge in [-0.25, -0.2) is 16.8 Å². The maximum absolute atomic E-state index is 12.4. The number of rotatable bonds is 3. The van der Waals surface area contributed by atoms with Crippen LogP contribution in [0.5, 0.6) is 0 Å². The molecule has 0 unspecified atom stereocenters. The van der Waals surface area contributed by atoms with Crippen molar-refractivity contribution in [1.29, 1.82) is 0 Å². The molecule has 0 amide bonds. The molecule has 0 aliphatic carbocycles. The second-order valence-corrected chi connectivity index (χ2v) is 9.77. The SMILES string of the molecule is NCc1csc(S(=O)(=O)N2CCCS(=O)(=O)CC2)c1. The second-order valence-electron chi connectivity index (χ2n) is 4.39. The van der Waals surface area contributed by atoms with Crippen LogP contribution in [-0.4, -0.2) is 45.7 Å². The lowest BCUT2D eigenvalue weighted by Crippen LogP contribution is -2.33. The zero-order chi connectivity index (χ0) is 14.1. The van der Waals surface area contributed by atoms with Gasteiger partial charge >= 0.3 is 0 Å². The Morgan fingerprint density at radius 3 is 2.68 bits per heavy atom. The number of sulfonamides is 1. The molecule has 1 aromatic heterocycles. The van der Waals surface area contributed by atoms with Crippen molar-refractivity contribution in [1.82, 2.24) is 4.31 Å². The molecule has 0 atom stereocenters. The van der Waals surface area contributed by atoms with Crippen LogP contribution in [0.15, 0.2) is 15.7 Å². The minimum atomic E-state index is -3.59. The number of nitrogens with two attached hydrogens (primary N) is 1. The van der Waals surface area contributed by atoms with Gasteiger partial charge in [-0.15, -0.1) is 11.3 Å². The summed E-state index contributed by atoms with van der Waals surface area (Å²) >= 11 is 1.12. The van der Waals surface area contributed by atoms with Crippen LogP contribution >= 0.6 is 11.3 Å². The number of hydrogen-bond acceptors (Lipinski definition) is 6. The van der Waals surface area contributed by atoms with Crippen LogP contribution in [0.1, 0.15) is 12.0 Å². The van der Waals surface area contributed by atoms with Gasteiger partial charge in [0.2, 0.25) is 0 Å². The molecule has 1 aliphatic rings. The Hall–Kier alpha value is -0.480. The highest BCUT2D eigenvalue weighted by molar-refractivity contribution is 7.92. The Morgan fingerprint density at radius 1 is 1.32 bits per heavy atom. The fraction of sp³-hybridized carbons (Fsp3) is 0.600. The van der Waals surface area contributed by atoms with Crippen molar-refractivity contribution in [3.63, 3.8) is 0 Å². The average molecular weight is 324 g/mol. The topological polar surface area (TPSA) is 97.5 Å². The first kappa shape index (κ1) is 14.9. The first-order valence-corrected chi connectivity index (χ1v) is 9.97. The van der Waals surface area contributed by atoms with Gasteiger partial charge in [0, 0.05) is 19.6 Å². The first-order valence-electron chi connectivity index (χ1n) is 5.83. The second kappa shape index (κ2) is 5.49. The highest BCUT2D eigenvalue weighted by Gasteiger charge is 2.29. The van der Waals surface area contributed by atoms with E-state index >= 15 is 0 Å². The summed E-state index contributed by atoms with van der Waals surface area (Å²) in [5.74, 6) is -0.0567. The fourth-order valence-corrected chi connectivity index (χ4v) is 6.12. The predicted molar refractivity (Wildman–Crippen MR) is 74.2 cm³/mol. The van der Waals surface area contributed by atoms with Crippen molar-refractivity contribution in [3.8, 4) is 0 Å². The third kappa shape index (κ3) is 3.34. The predicted octanol–water partition coefficient (Wildman–Crippen LogP) is 0.0160. The minimum Gasteiger partial charge on any atom is -0.326 e. The largest absolute Gasteiger partial charge is 0.326 e. The molecule has 9 heteroatoms. The molecule has 19 heavy (non-hydrogen) atoms. The van der Waals surface area contributed by atoms with Gasteiger partial charge in [0.15, 0.2) is 9.84 Å². The molecule has 1 aliphatic heterocycles. The van der Waals surface area contributed by atoms with Crippen molar-refractivity contribution in [2.75, 3.05) is 24.6 Å².